The highest BCUT2D eigenvalue weighted by Crippen LogP contribution is 2.23. The fourth-order valence-corrected chi connectivity index (χ4v) is 2.76. The van der Waals surface area contributed by atoms with Gasteiger partial charge in [0.2, 0.25) is 0 Å². The third-order valence-corrected chi connectivity index (χ3v) is 4.09. The minimum Gasteiger partial charge on any atom is -0.384 e. The van der Waals surface area contributed by atoms with Crippen LogP contribution in [0.2, 0.25) is 0 Å². The lowest BCUT2D eigenvalue weighted by Crippen LogP contribution is -2.35. The molecule has 0 radical (unpaired) electrons. The molecule has 4 nitrogen and oxygen atoms in total. The number of hydrogen-bond acceptors (Lipinski definition) is 4. The molecule has 2 rings (SSSR count). The second-order valence-corrected chi connectivity index (χ2v) is 5.58. The van der Waals surface area contributed by atoms with E-state index in [4.69, 9.17) is 9.72 Å². The minimum atomic E-state index is 0.713. The molecule has 1 saturated heterocycles. The third-order valence-electron chi connectivity index (χ3n) is 4.09. The van der Waals surface area contributed by atoms with Gasteiger partial charge in [0, 0.05) is 39.0 Å². The lowest BCUT2D eigenvalue weighted by Gasteiger charge is -2.32. The summed E-state index contributed by atoms with van der Waals surface area (Å²) < 4.78 is 5.25. The number of piperidine rings is 1. The molecule has 1 aromatic rings. The van der Waals surface area contributed by atoms with Gasteiger partial charge in [0.1, 0.15) is 5.82 Å². The van der Waals surface area contributed by atoms with E-state index in [0.29, 0.717) is 5.92 Å². The SMILES string of the molecule is CCNCc1ccc(N2CCC(COC)CC2)nc1C. The van der Waals surface area contributed by atoms with E-state index >= 15 is 0 Å². The zero-order valence-corrected chi connectivity index (χ0v) is 13.0. The van der Waals surface area contributed by atoms with E-state index in [1.807, 2.05) is 0 Å². The minimum absolute atomic E-state index is 0.713. The van der Waals surface area contributed by atoms with Gasteiger partial charge in [-0.15, -0.1) is 0 Å². The number of anilines is 1. The van der Waals surface area contributed by atoms with E-state index in [-0.39, 0.29) is 0 Å². The monoisotopic (exact) mass is 277 g/mol. The summed E-state index contributed by atoms with van der Waals surface area (Å²) in [4.78, 5) is 7.17. The van der Waals surface area contributed by atoms with Gasteiger partial charge >= 0.3 is 0 Å². The quantitative estimate of drug-likeness (QED) is 0.866. The molecule has 0 bridgehead atoms. The van der Waals surface area contributed by atoms with E-state index in [1.165, 1.54) is 18.4 Å². The summed E-state index contributed by atoms with van der Waals surface area (Å²) in [6.45, 7) is 9.21. The Morgan fingerprint density at radius 1 is 1.35 bits per heavy atom. The van der Waals surface area contributed by atoms with Gasteiger partial charge in [-0.05, 0) is 43.9 Å². The number of methoxy groups -OCH3 is 1. The Balaban J connectivity index is 1.95. The molecular weight excluding hydrogens is 250 g/mol. The number of nitrogens with one attached hydrogen (secondary N) is 1. The van der Waals surface area contributed by atoms with Gasteiger partial charge < -0.3 is 15.0 Å². The number of aryl methyl sites for hydroxylation is 1. The fraction of sp³-hybridized carbons (Fsp3) is 0.688. The summed E-state index contributed by atoms with van der Waals surface area (Å²) in [5, 5.41) is 3.36. The van der Waals surface area contributed by atoms with Crippen molar-refractivity contribution < 1.29 is 4.74 Å². The van der Waals surface area contributed by atoms with E-state index in [2.05, 4.69) is 36.2 Å². The predicted octanol–water partition coefficient (Wildman–Crippen LogP) is 2.36. The number of rotatable bonds is 6. The van der Waals surface area contributed by atoms with E-state index in [1.54, 1.807) is 7.11 Å². The lowest BCUT2D eigenvalue weighted by molar-refractivity contribution is 0.139. The van der Waals surface area contributed by atoms with Gasteiger partial charge in [0.25, 0.3) is 0 Å². The highest BCUT2D eigenvalue weighted by Gasteiger charge is 2.20. The summed E-state index contributed by atoms with van der Waals surface area (Å²) in [7, 11) is 1.79. The molecule has 4 heteroatoms. The molecule has 0 aliphatic carbocycles. The van der Waals surface area contributed by atoms with E-state index in [0.717, 1.165) is 44.3 Å². The molecule has 0 saturated carbocycles. The first-order valence-electron chi connectivity index (χ1n) is 7.65. The third kappa shape index (κ3) is 3.93. The van der Waals surface area contributed by atoms with Gasteiger partial charge in [-0.1, -0.05) is 13.0 Å². The number of aromatic nitrogens is 1. The fourth-order valence-electron chi connectivity index (χ4n) is 2.76. The molecule has 112 valence electrons. The van der Waals surface area contributed by atoms with Crippen LogP contribution in [0.4, 0.5) is 5.82 Å². The summed E-state index contributed by atoms with van der Waals surface area (Å²) in [6.07, 6.45) is 2.40. The first kappa shape index (κ1) is 15.3. The van der Waals surface area contributed by atoms with Crippen LogP contribution < -0.4 is 10.2 Å². The highest BCUT2D eigenvalue weighted by molar-refractivity contribution is 5.42. The lowest BCUT2D eigenvalue weighted by atomic mass is 9.98. The largest absolute Gasteiger partial charge is 0.384 e. The molecule has 0 unspecified atom stereocenters. The molecule has 1 N–H and O–H groups in total. The van der Waals surface area contributed by atoms with E-state index < -0.39 is 0 Å². The Bertz CT molecular complexity index is 414. The Morgan fingerprint density at radius 3 is 2.70 bits per heavy atom. The molecular formula is C16H27N3O. The normalized spacial score (nSPS) is 16.6. The molecule has 20 heavy (non-hydrogen) atoms. The standard InChI is InChI=1S/C16H27N3O/c1-4-17-11-15-5-6-16(18-13(15)2)19-9-7-14(8-10-19)12-20-3/h5-6,14,17H,4,7-12H2,1-3H3. The highest BCUT2D eigenvalue weighted by atomic mass is 16.5. The number of ether oxygens (including phenoxy) is 1. The maximum absolute atomic E-state index is 5.25. The Hall–Kier alpha value is -1.13. The van der Waals surface area contributed by atoms with Crippen LogP contribution in [-0.4, -0.2) is 38.3 Å². The first-order chi connectivity index (χ1) is 9.74. The van der Waals surface area contributed by atoms with Crippen molar-refractivity contribution in [2.75, 3.05) is 38.3 Å². The summed E-state index contributed by atoms with van der Waals surface area (Å²) in [5.41, 5.74) is 2.44. The van der Waals surface area contributed by atoms with Crippen molar-refractivity contribution in [1.29, 1.82) is 0 Å². The van der Waals surface area contributed by atoms with Crippen molar-refractivity contribution in [1.82, 2.24) is 10.3 Å². The van der Waals surface area contributed by atoms with Crippen molar-refractivity contribution in [3.05, 3.63) is 23.4 Å². The van der Waals surface area contributed by atoms with E-state index in [9.17, 15) is 0 Å². The topological polar surface area (TPSA) is 37.4 Å². The smallest absolute Gasteiger partial charge is 0.128 e. The van der Waals surface area contributed by atoms with Crippen molar-refractivity contribution in [2.24, 2.45) is 5.92 Å². The van der Waals surface area contributed by atoms with Crippen LogP contribution in [0, 0.1) is 12.8 Å². The molecule has 1 fully saturated rings. The van der Waals surface area contributed by atoms with Gasteiger partial charge in [-0.25, -0.2) is 4.98 Å². The van der Waals surface area contributed by atoms with Gasteiger partial charge in [-0.2, -0.15) is 0 Å². The zero-order valence-electron chi connectivity index (χ0n) is 13.0. The van der Waals surface area contributed by atoms with Crippen molar-refractivity contribution in [3.63, 3.8) is 0 Å². The van der Waals surface area contributed by atoms with Crippen LogP contribution in [0.5, 0.6) is 0 Å². The Labute approximate surface area is 122 Å². The van der Waals surface area contributed by atoms with Gasteiger partial charge in [0.05, 0.1) is 0 Å². The molecule has 1 aliphatic heterocycles. The molecule has 1 aromatic heterocycles. The second-order valence-electron chi connectivity index (χ2n) is 5.58. The number of hydrogen-bond donors (Lipinski definition) is 1. The Kier molecular flexibility index (Phi) is 5.80. The zero-order chi connectivity index (χ0) is 14.4. The summed E-state index contributed by atoms with van der Waals surface area (Å²) in [6, 6.07) is 4.37. The maximum atomic E-state index is 5.25. The molecule has 0 atom stereocenters. The molecule has 0 amide bonds. The van der Waals surface area contributed by atoms with Crippen LogP contribution in [-0.2, 0) is 11.3 Å². The average molecular weight is 277 g/mol. The van der Waals surface area contributed by atoms with Crippen LogP contribution >= 0.6 is 0 Å². The first-order valence-corrected chi connectivity index (χ1v) is 7.65. The Morgan fingerprint density at radius 2 is 2.10 bits per heavy atom. The van der Waals surface area contributed by atoms with Crippen LogP contribution in [0.15, 0.2) is 12.1 Å². The average Bonchev–Trinajstić information content (AvgIpc) is 2.47. The van der Waals surface area contributed by atoms with Crippen molar-refractivity contribution in [3.8, 4) is 0 Å². The van der Waals surface area contributed by atoms with Crippen molar-refractivity contribution in [2.45, 2.75) is 33.2 Å². The number of nitrogens with zero attached hydrogens (tertiary/aromatic N) is 2. The number of pyridine rings is 1. The molecule has 0 spiro atoms. The predicted molar refractivity (Wildman–Crippen MR) is 83.2 cm³/mol. The maximum Gasteiger partial charge on any atom is 0.128 e. The molecule has 1 aliphatic rings. The van der Waals surface area contributed by atoms with Crippen molar-refractivity contribution >= 4 is 5.82 Å². The van der Waals surface area contributed by atoms with Crippen LogP contribution in [0.25, 0.3) is 0 Å². The molecule has 0 aromatic carbocycles. The van der Waals surface area contributed by atoms with Gasteiger partial charge in [-0.3, -0.25) is 0 Å². The summed E-state index contributed by atoms with van der Waals surface area (Å²) in [5.74, 6) is 1.84. The second kappa shape index (κ2) is 7.60. The van der Waals surface area contributed by atoms with Crippen LogP contribution in [0.1, 0.15) is 31.0 Å². The van der Waals surface area contributed by atoms with Crippen LogP contribution in [0.3, 0.4) is 0 Å². The molecule has 2 heterocycles. The summed E-state index contributed by atoms with van der Waals surface area (Å²) >= 11 is 0. The van der Waals surface area contributed by atoms with Gasteiger partial charge in [0.15, 0.2) is 0 Å².